The molecule has 76 valence electrons. The Hall–Kier alpha value is -2.31. The molecule has 0 spiro atoms. The number of anilines is 2. The number of nitrogens with zero attached hydrogens (tertiary/aromatic N) is 3. The number of H-pyrrole nitrogens is 1. The molecule has 1 aliphatic heterocycles. The third kappa shape index (κ3) is 1.03. The lowest BCUT2D eigenvalue weighted by atomic mass is 10.4. The van der Waals surface area contributed by atoms with Crippen LogP contribution in [0.3, 0.4) is 0 Å². The van der Waals surface area contributed by atoms with E-state index < -0.39 is 0 Å². The molecule has 0 bridgehead atoms. The van der Waals surface area contributed by atoms with E-state index in [2.05, 4.69) is 19.9 Å². The molecular formula is C8H7N5O2. The van der Waals surface area contributed by atoms with E-state index in [4.69, 9.17) is 5.73 Å². The average molecular weight is 205 g/mol. The Morgan fingerprint density at radius 1 is 1.53 bits per heavy atom. The fourth-order valence-electron chi connectivity index (χ4n) is 1.59. The molecule has 0 atom stereocenters. The van der Waals surface area contributed by atoms with E-state index in [0.29, 0.717) is 23.7 Å². The molecule has 7 heteroatoms. The highest BCUT2D eigenvalue weighted by molar-refractivity contribution is 6.08. The zero-order valence-corrected chi connectivity index (χ0v) is 7.60. The molecule has 0 fully saturated rings. The molecule has 0 radical (unpaired) electrons. The Morgan fingerprint density at radius 3 is 3.07 bits per heavy atom. The van der Waals surface area contributed by atoms with E-state index in [1.807, 2.05) is 0 Å². The molecule has 7 nitrogen and oxygen atoms in total. The number of amides is 1. The summed E-state index contributed by atoms with van der Waals surface area (Å²) in [5, 5.41) is 7.18. The van der Waals surface area contributed by atoms with E-state index in [1.54, 1.807) is 12.3 Å². The largest absolute Gasteiger partial charge is 0.385 e. The van der Waals surface area contributed by atoms with Crippen LogP contribution in [0.2, 0.25) is 0 Å². The summed E-state index contributed by atoms with van der Waals surface area (Å²) in [5.74, 6) is 0.292. The summed E-state index contributed by atoms with van der Waals surface area (Å²) >= 11 is 0. The predicted octanol–water partition coefficient (Wildman–Crippen LogP) is 0.140. The number of hydrogen-bond donors (Lipinski definition) is 2. The van der Waals surface area contributed by atoms with Crippen LogP contribution in [0.4, 0.5) is 11.5 Å². The van der Waals surface area contributed by atoms with Gasteiger partial charge in [-0.3, -0.25) is 9.69 Å². The lowest BCUT2D eigenvalue weighted by Gasteiger charge is -2.11. The molecule has 1 aliphatic rings. The SMILES string of the molecule is Nc1cc(N2Cc3nonc3C2=O)c[nH]1. The highest BCUT2D eigenvalue weighted by Crippen LogP contribution is 2.26. The highest BCUT2D eigenvalue weighted by atomic mass is 16.6. The number of carbonyl (C=O) groups excluding carboxylic acids is 1. The van der Waals surface area contributed by atoms with Crippen LogP contribution in [-0.2, 0) is 6.54 Å². The Bertz CT molecular complexity index is 529. The van der Waals surface area contributed by atoms with Gasteiger partial charge in [0, 0.05) is 12.3 Å². The Balaban J connectivity index is 1.99. The molecule has 0 saturated heterocycles. The van der Waals surface area contributed by atoms with Crippen molar-refractivity contribution in [3.05, 3.63) is 23.7 Å². The van der Waals surface area contributed by atoms with Crippen molar-refractivity contribution in [1.82, 2.24) is 15.3 Å². The van der Waals surface area contributed by atoms with Crippen LogP contribution < -0.4 is 10.6 Å². The molecule has 0 saturated carbocycles. The van der Waals surface area contributed by atoms with E-state index in [0.717, 1.165) is 0 Å². The number of aromatic nitrogens is 3. The number of nitrogen functional groups attached to an aromatic ring is 1. The van der Waals surface area contributed by atoms with Crippen molar-refractivity contribution >= 4 is 17.4 Å². The number of nitrogens with one attached hydrogen (secondary N) is 1. The topological polar surface area (TPSA) is 101 Å². The van der Waals surface area contributed by atoms with Gasteiger partial charge >= 0.3 is 0 Å². The summed E-state index contributed by atoms with van der Waals surface area (Å²) in [5.41, 5.74) is 7.06. The average Bonchev–Trinajstić information content (AvgIpc) is 2.84. The first kappa shape index (κ1) is 8.04. The van der Waals surface area contributed by atoms with Crippen LogP contribution in [0.1, 0.15) is 16.2 Å². The van der Waals surface area contributed by atoms with Crippen molar-refractivity contribution < 1.29 is 9.42 Å². The molecule has 0 aromatic carbocycles. The van der Waals surface area contributed by atoms with Crippen molar-refractivity contribution in [1.29, 1.82) is 0 Å². The third-order valence-corrected chi connectivity index (χ3v) is 2.31. The van der Waals surface area contributed by atoms with Gasteiger partial charge in [0.2, 0.25) is 0 Å². The lowest BCUT2D eigenvalue weighted by Crippen LogP contribution is -2.23. The first-order valence-corrected chi connectivity index (χ1v) is 4.33. The quantitative estimate of drug-likeness (QED) is 0.689. The lowest BCUT2D eigenvalue weighted by molar-refractivity contribution is 0.0984. The second-order valence-corrected chi connectivity index (χ2v) is 3.26. The summed E-state index contributed by atoms with van der Waals surface area (Å²) < 4.78 is 4.47. The van der Waals surface area contributed by atoms with Gasteiger partial charge in [-0.05, 0) is 5.16 Å². The number of carbonyl (C=O) groups is 1. The zero-order valence-electron chi connectivity index (χ0n) is 7.60. The standard InChI is InChI=1S/C8H7N5O2/c9-6-1-4(2-10-6)13-3-5-7(8(13)14)12-15-11-5/h1-2,10H,3,9H2. The van der Waals surface area contributed by atoms with Crippen molar-refractivity contribution in [2.45, 2.75) is 6.54 Å². The summed E-state index contributed by atoms with van der Waals surface area (Å²) in [4.78, 5) is 16.1. The zero-order chi connectivity index (χ0) is 10.4. The normalized spacial score (nSPS) is 14.7. The summed E-state index contributed by atoms with van der Waals surface area (Å²) in [6, 6.07) is 1.68. The maximum atomic E-state index is 11.8. The minimum absolute atomic E-state index is 0.217. The summed E-state index contributed by atoms with van der Waals surface area (Å²) in [6.45, 7) is 0.370. The van der Waals surface area contributed by atoms with E-state index >= 15 is 0 Å². The van der Waals surface area contributed by atoms with E-state index in [1.165, 1.54) is 4.90 Å². The maximum Gasteiger partial charge on any atom is 0.282 e. The van der Waals surface area contributed by atoms with Crippen molar-refractivity contribution in [3.8, 4) is 0 Å². The second-order valence-electron chi connectivity index (χ2n) is 3.26. The van der Waals surface area contributed by atoms with Gasteiger partial charge in [-0.2, -0.15) is 0 Å². The maximum absolute atomic E-state index is 11.8. The fourth-order valence-corrected chi connectivity index (χ4v) is 1.59. The third-order valence-electron chi connectivity index (χ3n) is 2.31. The number of fused-ring (bicyclic) bond motifs is 1. The second kappa shape index (κ2) is 2.59. The highest BCUT2D eigenvalue weighted by Gasteiger charge is 2.34. The molecule has 15 heavy (non-hydrogen) atoms. The first-order valence-electron chi connectivity index (χ1n) is 4.33. The molecule has 3 rings (SSSR count). The molecule has 1 amide bonds. The summed E-state index contributed by atoms with van der Waals surface area (Å²) in [6.07, 6.45) is 1.66. The monoisotopic (exact) mass is 205 g/mol. The summed E-state index contributed by atoms with van der Waals surface area (Å²) in [7, 11) is 0. The van der Waals surface area contributed by atoms with Crippen molar-refractivity contribution in [2.24, 2.45) is 0 Å². The number of hydrogen-bond acceptors (Lipinski definition) is 5. The molecule has 2 aromatic rings. The predicted molar refractivity (Wildman–Crippen MR) is 50.0 cm³/mol. The van der Waals surface area contributed by atoms with Gasteiger partial charge in [0.1, 0.15) is 11.5 Å². The van der Waals surface area contributed by atoms with Crippen LogP contribution in [-0.4, -0.2) is 21.2 Å². The number of nitrogens with two attached hydrogens (primary N) is 1. The molecule has 2 aromatic heterocycles. The van der Waals surface area contributed by atoms with Crippen LogP contribution in [0, 0.1) is 0 Å². The Kier molecular flexibility index (Phi) is 1.39. The van der Waals surface area contributed by atoms with Crippen molar-refractivity contribution in [3.63, 3.8) is 0 Å². The van der Waals surface area contributed by atoms with E-state index in [-0.39, 0.29) is 11.6 Å². The van der Waals surface area contributed by atoms with Gasteiger partial charge in [0.15, 0.2) is 5.69 Å². The minimum atomic E-state index is -0.217. The number of rotatable bonds is 1. The van der Waals surface area contributed by atoms with Gasteiger partial charge in [0.05, 0.1) is 12.2 Å². The van der Waals surface area contributed by atoms with Gasteiger partial charge < -0.3 is 10.7 Å². The molecule has 0 aliphatic carbocycles. The van der Waals surface area contributed by atoms with Crippen LogP contribution >= 0.6 is 0 Å². The smallest absolute Gasteiger partial charge is 0.282 e. The van der Waals surface area contributed by atoms with Crippen molar-refractivity contribution in [2.75, 3.05) is 10.6 Å². The fraction of sp³-hybridized carbons (Fsp3) is 0.125. The Labute approximate surface area is 83.8 Å². The number of aromatic amines is 1. The minimum Gasteiger partial charge on any atom is -0.385 e. The Morgan fingerprint density at radius 2 is 2.40 bits per heavy atom. The first-order chi connectivity index (χ1) is 7.25. The van der Waals surface area contributed by atoms with Gasteiger partial charge in [0.25, 0.3) is 5.91 Å². The van der Waals surface area contributed by atoms with Gasteiger partial charge in [-0.1, -0.05) is 5.16 Å². The van der Waals surface area contributed by atoms with Crippen LogP contribution in [0.15, 0.2) is 16.9 Å². The van der Waals surface area contributed by atoms with Gasteiger partial charge in [-0.25, -0.2) is 4.63 Å². The van der Waals surface area contributed by atoms with Crippen LogP contribution in [0.5, 0.6) is 0 Å². The molecule has 3 heterocycles. The van der Waals surface area contributed by atoms with Crippen LogP contribution in [0.25, 0.3) is 0 Å². The van der Waals surface area contributed by atoms with Gasteiger partial charge in [-0.15, -0.1) is 0 Å². The molecule has 3 N–H and O–H groups in total. The van der Waals surface area contributed by atoms with E-state index in [9.17, 15) is 4.79 Å². The molecular weight excluding hydrogens is 198 g/mol. The molecule has 0 unspecified atom stereocenters.